The maximum Gasteiger partial charge on any atom is 0.245 e. The van der Waals surface area contributed by atoms with Gasteiger partial charge in [-0.1, -0.05) is 44.2 Å². The number of hydrogen-bond donors (Lipinski definition) is 2. The van der Waals surface area contributed by atoms with Gasteiger partial charge in [-0.25, -0.2) is 0 Å². The van der Waals surface area contributed by atoms with E-state index in [1.165, 1.54) is 10.5 Å². The summed E-state index contributed by atoms with van der Waals surface area (Å²) in [5, 5.41) is 7.28. The van der Waals surface area contributed by atoms with E-state index in [0.29, 0.717) is 6.42 Å². The fourth-order valence-corrected chi connectivity index (χ4v) is 4.29. The van der Waals surface area contributed by atoms with Gasteiger partial charge in [0.25, 0.3) is 0 Å². The van der Waals surface area contributed by atoms with Crippen LogP contribution in [0.4, 0.5) is 0 Å². The normalized spacial score (nSPS) is 16.2. The third-order valence-electron chi connectivity index (χ3n) is 5.27. The van der Waals surface area contributed by atoms with Crippen molar-refractivity contribution in [3.05, 3.63) is 58.3 Å². The van der Waals surface area contributed by atoms with Crippen molar-refractivity contribution in [3.63, 3.8) is 0 Å². The molecule has 3 rings (SSSR count). The predicted molar refractivity (Wildman–Crippen MR) is 112 cm³/mol. The minimum Gasteiger partial charge on any atom is -0.344 e. The monoisotopic (exact) mass is 400 g/mol. The topological polar surface area (TPSA) is 53.9 Å². The summed E-state index contributed by atoms with van der Waals surface area (Å²) >= 11 is 1.73. The maximum absolute atomic E-state index is 13.1. The Bertz CT molecular complexity index is 753. The first-order valence-electron chi connectivity index (χ1n) is 9.99. The smallest absolute Gasteiger partial charge is 0.245 e. The molecule has 28 heavy (non-hydrogen) atoms. The molecule has 0 aliphatic carbocycles. The Morgan fingerprint density at radius 3 is 2.43 bits per heavy atom. The molecule has 2 aromatic rings. The molecule has 6 heteroatoms. The average molecular weight is 401 g/mol. The number of carbonyl (C=O) groups excluding carboxylic acids is 2. The number of hydrogen-bond acceptors (Lipinski definition) is 3. The third kappa shape index (κ3) is 5.66. The average Bonchev–Trinajstić information content (AvgIpc) is 3.20. The number of piperazine rings is 1. The molecule has 0 unspecified atom stereocenters. The van der Waals surface area contributed by atoms with Crippen LogP contribution in [0.2, 0.25) is 0 Å². The zero-order valence-electron chi connectivity index (χ0n) is 16.7. The van der Waals surface area contributed by atoms with Crippen LogP contribution in [-0.2, 0) is 22.6 Å². The molecule has 2 amide bonds. The Labute approximate surface area is 171 Å². The van der Waals surface area contributed by atoms with Crippen molar-refractivity contribution >= 4 is 23.2 Å². The Hall–Kier alpha value is -2.18. The van der Waals surface area contributed by atoms with Gasteiger partial charge >= 0.3 is 0 Å². The molecule has 1 aliphatic rings. The molecule has 5 nitrogen and oxygen atoms in total. The first-order chi connectivity index (χ1) is 13.5. The molecular weight excluding hydrogens is 370 g/mol. The van der Waals surface area contributed by atoms with Gasteiger partial charge in [-0.05, 0) is 28.3 Å². The van der Waals surface area contributed by atoms with Crippen LogP contribution in [0.5, 0.6) is 0 Å². The highest BCUT2D eigenvalue weighted by molar-refractivity contribution is 7.07. The Morgan fingerprint density at radius 1 is 1.11 bits per heavy atom. The summed E-state index contributed by atoms with van der Waals surface area (Å²) in [6.07, 6.45) is 0.301. The van der Waals surface area contributed by atoms with Crippen LogP contribution < -0.4 is 10.2 Å². The summed E-state index contributed by atoms with van der Waals surface area (Å²) in [7, 11) is 0. The SMILES string of the molecule is CC(C)[C@H](NC(=O)Cc1ccccc1)C(=O)N1CC[NH+](Cc2ccsc2)CC1. The second kappa shape index (κ2) is 9.85. The first kappa shape index (κ1) is 20.6. The fourth-order valence-electron chi connectivity index (χ4n) is 3.62. The molecule has 0 bridgehead atoms. The minimum absolute atomic E-state index is 0.0472. The second-order valence-electron chi connectivity index (χ2n) is 7.84. The number of rotatable bonds is 7. The maximum atomic E-state index is 13.1. The lowest BCUT2D eigenvalue weighted by Gasteiger charge is -2.35. The zero-order valence-corrected chi connectivity index (χ0v) is 17.5. The van der Waals surface area contributed by atoms with E-state index in [1.54, 1.807) is 11.3 Å². The molecular formula is C22H30N3O2S+. The van der Waals surface area contributed by atoms with Crippen molar-refractivity contribution in [2.75, 3.05) is 26.2 Å². The molecule has 0 spiro atoms. The summed E-state index contributed by atoms with van der Waals surface area (Å²) < 4.78 is 0. The van der Waals surface area contributed by atoms with Crippen molar-refractivity contribution in [2.45, 2.75) is 32.9 Å². The van der Waals surface area contributed by atoms with Gasteiger partial charge in [0.05, 0.1) is 32.6 Å². The molecule has 2 heterocycles. The van der Waals surface area contributed by atoms with Crippen LogP contribution >= 0.6 is 11.3 Å². The Balaban J connectivity index is 1.52. The van der Waals surface area contributed by atoms with Gasteiger partial charge in [0.1, 0.15) is 12.6 Å². The van der Waals surface area contributed by atoms with Crippen LogP contribution in [0.25, 0.3) is 0 Å². The van der Waals surface area contributed by atoms with Gasteiger partial charge in [0, 0.05) is 5.56 Å². The van der Waals surface area contributed by atoms with Gasteiger partial charge in [-0.2, -0.15) is 11.3 Å². The summed E-state index contributed by atoms with van der Waals surface area (Å²) in [6.45, 7) is 8.39. The number of thiophene rings is 1. The lowest BCUT2D eigenvalue weighted by molar-refractivity contribution is -0.917. The highest BCUT2D eigenvalue weighted by Crippen LogP contribution is 2.09. The molecule has 0 radical (unpaired) electrons. The molecule has 1 aromatic heterocycles. The molecule has 150 valence electrons. The number of amides is 2. The van der Waals surface area contributed by atoms with E-state index in [2.05, 4.69) is 22.1 Å². The van der Waals surface area contributed by atoms with Gasteiger partial charge in [0.2, 0.25) is 11.8 Å². The minimum atomic E-state index is -0.463. The number of carbonyl (C=O) groups is 2. The van der Waals surface area contributed by atoms with Gasteiger partial charge in [-0.3, -0.25) is 9.59 Å². The molecule has 2 N–H and O–H groups in total. The summed E-state index contributed by atoms with van der Waals surface area (Å²) in [6, 6.07) is 11.4. The van der Waals surface area contributed by atoms with E-state index in [0.717, 1.165) is 38.3 Å². The highest BCUT2D eigenvalue weighted by Gasteiger charge is 2.31. The molecule has 1 fully saturated rings. The molecule has 1 aromatic carbocycles. The van der Waals surface area contributed by atoms with E-state index in [4.69, 9.17) is 0 Å². The van der Waals surface area contributed by atoms with E-state index >= 15 is 0 Å². The van der Waals surface area contributed by atoms with Crippen LogP contribution in [0.3, 0.4) is 0 Å². The summed E-state index contributed by atoms with van der Waals surface area (Å²) in [4.78, 5) is 28.9. The van der Waals surface area contributed by atoms with Crippen molar-refractivity contribution in [1.29, 1.82) is 0 Å². The number of nitrogens with zero attached hydrogens (tertiary/aromatic N) is 1. The van der Waals surface area contributed by atoms with Crippen molar-refractivity contribution in [2.24, 2.45) is 5.92 Å². The van der Waals surface area contributed by atoms with E-state index < -0.39 is 6.04 Å². The van der Waals surface area contributed by atoms with E-state index in [9.17, 15) is 9.59 Å². The quantitative estimate of drug-likeness (QED) is 0.737. The number of nitrogens with one attached hydrogen (secondary N) is 2. The van der Waals surface area contributed by atoms with Crippen molar-refractivity contribution in [1.82, 2.24) is 10.2 Å². The standard InChI is InChI=1S/C22H29N3O2S/c1-17(2)21(23-20(26)14-18-6-4-3-5-7-18)22(27)25-11-9-24(10-12-25)15-19-8-13-28-16-19/h3-8,13,16-17,21H,9-12,14-15H2,1-2H3,(H,23,26)/p+1/t21-/m0/s1. The molecule has 0 saturated carbocycles. The number of benzene rings is 1. The first-order valence-corrected chi connectivity index (χ1v) is 10.9. The lowest BCUT2D eigenvalue weighted by Crippen LogP contribution is -3.13. The van der Waals surface area contributed by atoms with Crippen LogP contribution in [0.1, 0.15) is 25.0 Å². The third-order valence-corrected chi connectivity index (χ3v) is 6.01. The summed E-state index contributed by atoms with van der Waals surface area (Å²) in [5.41, 5.74) is 2.33. The van der Waals surface area contributed by atoms with E-state index in [1.807, 2.05) is 49.1 Å². The van der Waals surface area contributed by atoms with Gasteiger partial charge < -0.3 is 15.1 Å². The zero-order chi connectivity index (χ0) is 19.9. The molecule has 1 aliphatic heterocycles. The van der Waals surface area contributed by atoms with Gasteiger partial charge in [0.15, 0.2) is 0 Å². The molecule has 1 saturated heterocycles. The van der Waals surface area contributed by atoms with Crippen LogP contribution in [0.15, 0.2) is 47.2 Å². The van der Waals surface area contributed by atoms with Crippen LogP contribution in [0, 0.1) is 5.92 Å². The summed E-state index contributed by atoms with van der Waals surface area (Å²) in [5.74, 6) is 0.00868. The Kier molecular flexibility index (Phi) is 7.23. The van der Waals surface area contributed by atoms with Crippen molar-refractivity contribution in [3.8, 4) is 0 Å². The van der Waals surface area contributed by atoms with E-state index in [-0.39, 0.29) is 17.7 Å². The largest absolute Gasteiger partial charge is 0.344 e. The highest BCUT2D eigenvalue weighted by atomic mass is 32.1. The van der Waals surface area contributed by atoms with Crippen molar-refractivity contribution < 1.29 is 14.5 Å². The number of quaternary nitrogens is 1. The predicted octanol–water partition coefficient (Wildman–Crippen LogP) is 1.36. The lowest BCUT2D eigenvalue weighted by atomic mass is 10.0. The van der Waals surface area contributed by atoms with Crippen LogP contribution in [-0.4, -0.2) is 48.9 Å². The molecule has 1 atom stereocenters. The Morgan fingerprint density at radius 2 is 1.82 bits per heavy atom. The fraction of sp³-hybridized carbons (Fsp3) is 0.455. The van der Waals surface area contributed by atoms with Gasteiger partial charge in [-0.15, -0.1) is 0 Å². The second-order valence-corrected chi connectivity index (χ2v) is 8.62.